The number of furan rings is 1. The Morgan fingerprint density at radius 1 is 0.333 bits per heavy atom. The molecule has 0 saturated carbocycles. The average molecular weight is 855 g/mol. The fourth-order valence-electron chi connectivity index (χ4n) is 9.03. The van der Waals surface area contributed by atoms with Gasteiger partial charge in [-0.2, -0.15) is 0 Å². The van der Waals surface area contributed by atoms with Crippen LogP contribution in [0.25, 0.3) is 117 Å². The van der Waals surface area contributed by atoms with Gasteiger partial charge in [-0.3, -0.25) is 0 Å². The van der Waals surface area contributed by atoms with Crippen LogP contribution < -0.4 is 0 Å². The first kappa shape index (κ1) is 38.8. The monoisotopic (exact) mass is 854 g/mol. The minimum atomic E-state index is 0.520. The van der Waals surface area contributed by atoms with E-state index >= 15 is 0 Å². The van der Waals surface area contributed by atoms with Crippen LogP contribution in [0.15, 0.2) is 162 Å². The maximum absolute atomic E-state index is 6.61. The van der Waals surface area contributed by atoms with Gasteiger partial charge in [0.05, 0.1) is 16.7 Å². The van der Waals surface area contributed by atoms with E-state index in [4.69, 9.17) is 39.3 Å². The maximum Gasteiger partial charge on any atom is 0.166 e. The summed E-state index contributed by atoms with van der Waals surface area (Å²) in [6.07, 6.45) is 0. The van der Waals surface area contributed by atoms with Crippen molar-refractivity contribution in [3.05, 3.63) is 181 Å². The summed E-state index contributed by atoms with van der Waals surface area (Å²) in [5.74, 6) is 5.52. The van der Waals surface area contributed by atoms with Crippen LogP contribution in [0.3, 0.4) is 0 Å². The van der Waals surface area contributed by atoms with Crippen molar-refractivity contribution in [2.45, 2.75) is 27.7 Å². The second-order valence-electron chi connectivity index (χ2n) is 16.4. The lowest BCUT2D eigenvalue weighted by Crippen LogP contribution is -2.04. The van der Waals surface area contributed by atoms with Gasteiger partial charge >= 0.3 is 0 Å². The molecule has 0 unspecified atom stereocenters. The zero-order valence-corrected chi connectivity index (χ0v) is 36.4. The Morgan fingerprint density at radius 3 is 1.39 bits per heavy atom. The number of fused-ring (bicyclic) bond motifs is 6. The van der Waals surface area contributed by atoms with E-state index in [0.717, 1.165) is 88.4 Å². The number of aromatic nitrogens is 10. The number of nitrogens with zero attached hydrogens (tertiary/aromatic N) is 10. The third-order valence-corrected chi connectivity index (χ3v) is 11.9. The molecule has 7 aromatic carbocycles. The van der Waals surface area contributed by atoms with Crippen LogP contribution >= 0.6 is 0 Å². The van der Waals surface area contributed by atoms with Gasteiger partial charge in [-0.1, -0.05) is 103 Å². The van der Waals surface area contributed by atoms with Gasteiger partial charge in [0.2, 0.25) is 0 Å². The standard InChI is InChI=1S/C55H38N10O/c1-31-56-32(2)59-53(58-31)38-23-26-46-43(29-38)44-30-39(54-60-33(3)57-34(4)61-54)24-27-47(44)65(46)48-25-22-37(40-19-13-20-42-41-18-11-12-21-49(41)66-50(40)42)28-45(48)55-63-51(35-14-7-5-8-15-35)62-52(64-55)36-16-9-6-10-17-36/h5-30H,1-4H3. The van der Waals surface area contributed by atoms with Crippen LogP contribution in [0.1, 0.15) is 23.3 Å². The van der Waals surface area contributed by atoms with Crippen molar-refractivity contribution in [3.8, 4) is 73.8 Å². The fourth-order valence-corrected chi connectivity index (χ4v) is 9.03. The van der Waals surface area contributed by atoms with Crippen molar-refractivity contribution in [2.24, 2.45) is 0 Å². The lowest BCUT2D eigenvalue weighted by atomic mass is 9.98. The zero-order chi connectivity index (χ0) is 44.5. The average Bonchev–Trinajstić information content (AvgIpc) is 3.89. The molecule has 0 atom stereocenters. The summed E-state index contributed by atoms with van der Waals surface area (Å²) >= 11 is 0. The molecule has 0 amide bonds. The van der Waals surface area contributed by atoms with E-state index in [1.54, 1.807) is 0 Å². The number of hydrogen-bond donors (Lipinski definition) is 0. The van der Waals surface area contributed by atoms with E-state index < -0.39 is 0 Å². The summed E-state index contributed by atoms with van der Waals surface area (Å²) in [5, 5.41) is 4.11. The molecule has 0 aliphatic carbocycles. The van der Waals surface area contributed by atoms with Gasteiger partial charge in [0.25, 0.3) is 0 Å². The number of rotatable bonds is 7. The van der Waals surface area contributed by atoms with E-state index in [1.165, 1.54) is 0 Å². The Kier molecular flexibility index (Phi) is 9.09. The van der Waals surface area contributed by atoms with E-state index in [2.05, 4.69) is 93.4 Å². The first-order valence-electron chi connectivity index (χ1n) is 21.7. The SMILES string of the molecule is Cc1nc(C)nc(-c2ccc3c(c2)c2cc(-c4nc(C)nc(C)n4)ccc2n3-c2ccc(-c3cccc4c3oc3ccccc34)cc2-c2nc(-c3ccccc3)nc(-c3ccccc3)n2)n1. The molecule has 0 aliphatic heterocycles. The third-order valence-electron chi connectivity index (χ3n) is 11.9. The van der Waals surface area contributed by atoms with E-state index in [0.29, 0.717) is 52.4 Å². The number of benzene rings is 7. The molecule has 314 valence electrons. The summed E-state index contributed by atoms with van der Waals surface area (Å²) < 4.78 is 8.90. The van der Waals surface area contributed by atoms with Crippen LogP contribution in [0.2, 0.25) is 0 Å². The van der Waals surface area contributed by atoms with Crippen molar-refractivity contribution in [1.29, 1.82) is 0 Å². The van der Waals surface area contributed by atoms with Gasteiger partial charge in [0.1, 0.15) is 34.5 Å². The summed E-state index contributed by atoms with van der Waals surface area (Å²) in [5.41, 5.74) is 10.7. The van der Waals surface area contributed by atoms with Crippen LogP contribution in [0.5, 0.6) is 0 Å². The summed E-state index contributed by atoms with van der Waals surface area (Å²) in [6, 6.07) is 53.8. The van der Waals surface area contributed by atoms with Gasteiger partial charge < -0.3 is 8.98 Å². The lowest BCUT2D eigenvalue weighted by molar-refractivity contribution is 0.670. The molecule has 0 radical (unpaired) electrons. The summed E-state index contributed by atoms with van der Waals surface area (Å²) in [7, 11) is 0. The molecule has 11 heteroatoms. The normalized spacial score (nSPS) is 11.6. The van der Waals surface area contributed by atoms with Crippen molar-refractivity contribution >= 4 is 43.7 Å². The topological polar surface area (TPSA) is 134 Å². The van der Waals surface area contributed by atoms with Gasteiger partial charge in [0.15, 0.2) is 29.1 Å². The highest BCUT2D eigenvalue weighted by Crippen LogP contribution is 2.42. The maximum atomic E-state index is 6.61. The third kappa shape index (κ3) is 6.72. The van der Waals surface area contributed by atoms with E-state index in [9.17, 15) is 0 Å². The zero-order valence-electron chi connectivity index (χ0n) is 36.4. The number of para-hydroxylation sites is 2. The first-order chi connectivity index (χ1) is 32.3. The van der Waals surface area contributed by atoms with Crippen molar-refractivity contribution < 1.29 is 4.42 Å². The van der Waals surface area contributed by atoms with Gasteiger partial charge in [0, 0.05) is 54.9 Å². The van der Waals surface area contributed by atoms with Crippen LogP contribution in [0.4, 0.5) is 0 Å². The Labute approximate surface area is 378 Å². The van der Waals surface area contributed by atoms with E-state index in [1.807, 2.05) is 107 Å². The lowest BCUT2D eigenvalue weighted by Gasteiger charge is -2.16. The molecule has 0 saturated heterocycles. The molecule has 66 heavy (non-hydrogen) atoms. The minimum absolute atomic E-state index is 0.520. The molecule has 0 aliphatic rings. The van der Waals surface area contributed by atoms with Crippen molar-refractivity contribution in [1.82, 2.24) is 49.4 Å². The second-order valence-corrected chi connectivity index (χ2v) is 16.4. The molecule has 0 spiro atoms. The second kappa shape index (κ2) is 15.5. The first-order valence-corrected chi connectivity index (χ1v) is 21.7. The quantitative estimate of drug-likeness (QED) is 0.152. The Bertz CT molecular complexity index is 3670. The smallest absolute Gasteiger partial charge is 0.166 e. The molecule has 0 bridgehead atoms. The Balaban J connectivity index is 1.16. The van der Waals surface area contributed by atoms with Crippen LogP contribution in [-0.2, 0) is 0 Å². The molecule has 11 nitrogen and oxygen atoms in total. The predicted molar refractivity (Wildman–Crippen MR) is 260 cm³/mol. The van der Waals surface area contributed by atoms with Crippen LogP contribution in [0, 0.1) is 27.7 Å². The largest absolute Gasteiger partial charge is 0.455 e. The predicted octanol–water partition coefficient (Wildman–Crippen LogP) is 12.5. The molecular formula is C55H38N10O. The fraction of sp³-hybridized carbons (Fsp3) is 0.0727. The number of aryl methyl sites for hydroxylation is 4. The molecule has 5 heterocycles. The summed E-state index contributed by atoms with van der Waals surface area (Å²) in [6.45, 7) is 7.56. The molecule has 5 aromatic heterocycles. The van der Waals surface area contributed by atoms with Gasteiger partial charge in [-0.15, -0.1) is 0 Å². The van der Waals surface area contributed by atoms with Gasteiger partial charge in [-0.05, 0) is 87.9 Å². The molecule has 0 N–H and O–H groups in total. The highest BCUT2D eigenvalue weighted by Gasteiger charge is 2.23. The minimum Gasteiger partial charge on any atom is -0.455 e. The highest BCUT2D eigenvalue weighted by atomic mass is 16.3. The number of hydrogen-bond acceptors (Lipinski definition) is 10. The molecule has 0 fully saturated rings. The Hall–Kier alpha value is -8.83. The van der Waals surface area contributed by atoms with E-state index in [-0.39, 0.29) is 0 Å². The Morgan fingerprint density at radius 2 is 0.818 bits per heavy atom. The highest BCUT2D eigenvalue weighted by molar-refractivity contribution is 6.12. The van der Waals surface area contributed by atoms with Gasteiger partial charge in [-0.25, -0.2) is 44.9 Å². The van der Waals surface area contributed by atoms with Crippen molar-refractivity contribution in [2.75, 3.05) is 0 Å². The van der Waals surface area contributed by atoms with Crippen molar-refractivity contribution in [3.63, 3.8) is 0 Å². The summed E-state index contributed by atoms with van der Waals surface area (Å²) in [4.78, 5) is 43.6. The van der Waals surface area contributed by atoms with Crippen LogP contribution in [-0.4, -0.2) is 49.4 Å². The molecule has 12 aromatic rings. The molecule has 12 rings (SSSR count). The molecular weight excluding hydrogens is 817 g/mol.